The highest BCUT2D eigenvalue weighted by Crippen LogP contribution is 2.23. The highest BCUT2D eigenvalue weighted by atomic mass is 16.2. The van der Waals surface area contributed by atoms with Gasteiger partial charge in [-0.1, -0.05) is 18.2 Å². The molecule has 1 amide bonds. The van der Waals surface area contributed by atoms with Crippen molar-refractivity contribution in [3.05, 3.63) is 47.9 Å². The van der Waals surface area contributed by atoms with Crippen molar-refractivity contribution in [2.45, 2.75) is 33.2 Å². The first-order chi connectivity index (χ1) is 11.3. The number of carbonyl (C=O) groups excluding carboxylic acids is 2. The van der Waals surface area contributed by atoms with Gasteiger partial charge >= 0.3 is 0 Å². The quantitative estimate of drug-likeness (QED) is 0.573. The maximum absolute atomic E-state index is 12.6. The molecule has 0 saturated heterocycles. The fraction of sp³-hybridized carbons (Fsp3) is 0.278. The van der Waals surface area contributed by atoms with Gasteiger partial charge in [-0.25, -0.2) is 0 Å². The molecule has 2 N–H and O–H groups in total. The molecule has 24 heavy (non-hydrogen) atoms. The molecule has 0 fully saturated rings. The van der Waals surface area contributed by atoms with Crippen LogP contribution in [0.2, 0.25) is 0 Å². The van der Waals surface area contributed by atoms with Crippen LogP contribution < -0.4 is 5.32 Å². The third-order valence-corrected chi connectivity index (χ3v) is 3.85. The first-order valence-electron chi connectivity index (χ1n) is 7.75. The molecule has 0 aliphatic carbocycles. The summed E-state index contributed by atoms with van der Waals surface area (Å²) in [7, 11) is 0. The van der Waals surface area contributed by atoms with Crippen LogP contribution >= 0.6 is 0 Å². The van der Waals surface area contributed by atoms with Gasteiger partial charge in [0.25, 0.3) is 11.7 Å². The van der Waals surface area contributed by atoms with Crippen LogP contribution in [-0.4, -0.2) is 26.5 Å². The number of aromatic nitrogens is 3. The Balaban J connectivity index is 1.86. The monoisotopic (exact) mass is 324 g/mol. The van der Waals surface area contributed by atoms with Gasteiger partial charge in [-0.05, 0) is 33.8 Å². The van der Waals surface area contributed by atoms with E-state index in [1.165, 1.54) is 0 Å². The number of carbonyl (C=O) groups is 2. The number of amides is 1. The summed E-state index contributed by atoms with van der Waals surface area (Å²) in [5.74, 6) is -1.23. The largest absolute Gasteiger partial charge is 0.358 e. The van der Waals surface area contributed by atoms with E-state index in [-0.39, 0.29) is 5.54 Å². The molecule has 6 heteroatoms. The molecule has 1 aromatic carbocycles. The zero-order valence-electron chi connectivity index (χ0n) is 14.2. The number of hydrogen-bond acceptors (Lipinski definition) is 3. The molecule has 2 aromatic heterocycles. The van der Waals surface area contributed by atoms with Crippen LogP contribution in [0.1, 0.15) is 36.8 Å². The van der Waals surface area contributed by atoms with Crippen LogP contribution in [0.5, 0.6) is 0 Å². The molecular formula is C18H20N4O2. The van der Waals surface area contributed by atoms with E-state index in [0.29, 0.717) is 16.9 Å². The van der Waals surface area contributed by atoms with Gasteiger partial charge in [-0.15, -0.1) is 0 Å². The van der Waals surface area contributed by atoms with E-state index < -0.39 is 11.7 Å². The average molecular weight is 324 g/mol. The van der Waals surface area contributed by atoms with Gasteiger partial charge in [-0.2, -0.15) is 5.10 Å². The number of aromatic amines is 1. The molecule has 0 aliphatic rings. The summed E-state index contributed by atoms with van der Waals surface area (Å²) in [4.78, 5) is 28.1. The van der Waals surface area contributed by atoms with Crippen LogP contribution in [-0.2, 0) is 10.3 Å². The van der Waals surface area contributed by atoms with Crippen molar-refractivity contribution in [1.29, 1.82) is 0 Å². The molecule has 0 atom stereocenters. The summed E-state index contributed by atoms with van der Waals surface area (Å²) in [5.41, 5.74) is 2.24. The molecule has 0 radical (unpaired) electrons. The standard InChI is InChI=1S/C18H20N4O2/c1-11-15(13-7-5-6-8-14(13)20-11)16(23)17(24)21-12-9-19-22(10-12)18(2,3)4/h5-10,20H,1-4H3,(H,21,24). The highest BCUT2D eigenvalue weighted by Gasteiger charge is 2.23. The maximum Gasteiger partial charge on any atom is 0.296 e. The molecule has 6 nitrogen and oxygen atoms in total. The second-order valence-corrected chi connectivity index (χ2v) is 6.80. The minimum Gasteiger partial charge on any atom is -0.358 e. The minimum atomic E-state index is -0.670. The number of fused-ring (bicyclic) bond motifs is 1. The molecule has 0 bridgehead atoms. The first kappa shape index (κ1) is 16.0. The Kier molecular flexibility index (Phi) is 3.75. The van der Waals surface area contributed by atoms with Crippen molar-refractivity contribution in [3.63, 3.8) is 0 Å². The second-order valence-electron chi connectivity index (χ2n) is 6.80. The fourth-order valence-electron chi connectivity index (χ4n) is 2.62. The van der Waals surface area contributed by atoms with E-state index in [1.807, 2.05) is 45.0 Å². The summed E-state index contributed by atoms with van der Waals surface area (Å²) in [6.07, 6.45) is 3.26. The van der Waals surface area contributed by atoms with Gasteiger partial charge in [0, 0.05) is 22.8 Å². The zero-order chi connectivity index (χ0) is 17.5. The summed E-state index contributed by atoms with van der Waals surface area (Å²) < 4.78 is 1.74. The number of H-pyrrole nitrogens is 1. The van der Waals surface area contributed by atoms with Crippen LogP contribution in [0.3, 0.4) is 0 Å². The number of ketones is 1. The highest BCUT2D eigenvalue weighted by molar-refractivity contribution is 6.48. The average Bonchev–Trinajstić information content (AvgIpc) is 3.09. The van der Waals surface area contributed by atoms with Crippen molar-refractivity contribution < 1.29 is 9.59 Å². The van der Waals surface area contributed by atoms with E-state index in [9.17, 15) is 9.59 Å². The number of Topliss-reactive ketones (excluding diaryl/α,β-unsaturated/α-hetero) is 1. The van der Waals surface area contributed by atoms with E-state index in [1.54, 1.807) is 24.0 Å². The van der Waals surface area contributed by atoms with E-state index in [4.69, 9.17) is 0 Å². The van der Waals surface area contributed by atoms with Crippen molar-refractivity contribution in [1.82, 2.24) is 14.8 Å². The van der Waals surface area contributed by atoms with Crippen LogP contribution in [0, 0.1) is 6.92 Å². The molecule has 0 aliphatic heterocycles. The minimum absolute atomic E-state index is 0.194. The Bertz CT molecular complexity index is 928. The Morgan fingerprint density at radius 2 is 1.92 bits per heavy atom. The van der Waals surface area contributed by atoms with Gasteiger partial charge in [0.2, 0.25) is 0 Å². The number of anilines is 1. The van der Waals surface area contributed by atoms with E-state index in [0.717, 1.165) is 10.9 Å². The van der Waals surface area contributed by atoms with Gasteiger partial charge < -0.3 is 10.3 Å². The van der Waals surface area contributed by atoms with E-state index in [2.05, 4.69) is 15.4 Å². The topological polar surface area (TPSA) is 79.8 Å². The SMILES string of the molecule is Cc1[nH]c2ccccc2c1C(=O)C(=O)Nc1cnn(C(C)(C)C)c1. The Hall–Kier alpha value is -2.89. The number of nitrogens with zero attached hydrogens (tertiary/aromatic N) is 2. The van der Waals surface area contributed by atoms with E-state index >= 15 is 0 Å². The lowest BCUT2D eigenvalue weighted by atomic mass is 10.1. The van der Waals surface area contributed by atoms with Crippen LogP contribution in [0.15, 0.2) is 36.7 Å². The Labute approximate surface area is 139 Å². The molecule has 124 valence electrons. The normalized spacial score (nSPS) is 11.7. The first-order valence-corrected chi connectivity index (χ1v) is 7.75. The van der Waals surface area contributed by atoms with Gasteiger partial charge in [0.1, 0.15) is 0 Å². The zero-order valence-corrected chi connectivity index (χ0v) is 14.2. The molecule has 0 spiro atoms. The van der Waals surface area contributed by atoms with Crippen molar-refractivity contribution in [3.8, 4) is 0 Å². The lowest BCUT2D eigenvalue weighted by Crippen LogP contribution is -2.24. The molecule has 2 heterocycles. The lowest BCUT2D eigenvalue weighted by molar-refractivity contribution is -0.112. The number of aryl methyl sites for hydroxylation is 1. The van der Waals surface area contributed by atoms with Crippen LogP contribution in [0.25, 0.3) is 10.9 Å². The van der Waals surface area contributed by atoms with Crippen molar-refractivity contribution in [2.24, 2.45) is 0 Å². The number of nitrogens with one attached hydrogen (secondary N) is 2. The second kappa shape index (κ2) is 5.63. The number of para-hydroxylation sites is 1. The predicted molar refractivity (Wildman–Crippen MR) is 93.2 cm³/mol. The summed E-state index contributed by atoms with van der Waals surface area (Å²) >= 11 is 0. The molecule has 0 saturated carbocycles. The smallest absolute Gasteiger partial charge is 0.296 e. The predicted octanol–water partition coefficient (Wildman–Crippen LogP) is 3.25. The van der Waals surface area contributed by atoms with Crippen molar-refractivity contribution in [2.75, 3.05) is 5.32 Å². The summed E-state index contributed by atoms with van der Waals surface area (Å²) in [5, 5.41) is 7.59. The number of hydrogen-bond donors (Lipinski definition) is 2. The molecule has 3 aromatic rings. The molecule has 3 rings (SSSR count). The summed E-state index contributed by atoms with van der Waals surface area (Å²) in [6.45, 7) is 7.81. The van der Waals surface area contributed by atoms with Gasteiger partial charge in [0.05, 0.1) is 23.0 Å². The van der Waals surface area contributed by atoms with Gasteiger partial charge in [0.15, 0.2) is 0 Å². The lowest BCUT2D eigenvalue weighted by Gasteiger charge is -2.18. The summed E-state index contributed by atoms with van der Waals surface area (Å²) in [6, 6.07) is 7.44. The van der Waals surface area contributed by atoms with Crippen molar-refractivity contribution >= 4 is 28.3 Å². The fourth-order valence-corrected chi connectivity index (χ4v) is 2.62. The molecule has 0 unspecified atom stereocenters. The maximum atomic E-state index is 12.6. The van der Waals surface area contributed by atoms with Crippen LogP contribution in [0.4, 0.5) is 5.69 Å². The molecular weight excluding hydrogens is 304 g/mol. The Morgan fingerprint density at radius 1 is 1.21 bits per heavy atom. The number of rotatable bonds is 3. The Morgan fingerprint density at radius 3 is 2.58 bits per heavy atom. The third-order valence-electron chi connectivity index (χ3n) is 3.85. The number of benzene rings is 1. The van der Waals surface area contributed by atoms with Gasteiger partial charge in [-0.3, -0.25) is 14.3 Å². The third kappa shape index (κ3) is 2.82.